The lowest BCUT2D eigenvalue weighted by Gasteiger charge is -2.32. The molecule has 0 saturated carbocycles. The zero-order valence-electron chi connectivity index (χ0n) is 22.5. The molecule has 3 rings (SSSR count). The SMILES string of the molecule is CNC(=O)[C@H](C)N(Cc1ccccc1Cl)C(=O)CN(c1ccc(C)cc1)S(=O)(=O)c1ccc(OC)c(OC)c1. The van der Waals surface area contributed by atoms with Crippen molar-refractivity contribution in [3.8, 4) is 11.5 Å². The van der Waals surface area contributed by atoms with E-state index in [2.05, 4.69) is 5.32 Å². The number of hydrogen-bond acceptors (Lipinski definition) is 6. The minimum atomic E-state index is -4.26. The predicted octanol–water partition coefficient (Wildman–Crippen LogP) is 4.02. The van der Waals surface area contributed by atoms with Gasteiger partial charge < -0.3 is 19.7 Å². The van der Waals surface area contributed by atoms with E-state index >= 15 is 0 Å². The van der Waals surface area contributed by atoms with Gasteiger partial charge in [0.15, 0.2) is 11.5 Å². The second-order valence-electron chi connectivity index (χ2n) is 8.77. The summed E-state index contributed by atoms with van der Waals surface area (Å²) >= 11 is 6.35. The van der Waals surface area contributed by atoms with Crippen LogP contribution in [0, 0.1) is 6.92 Å². The number of likely N-dealkylation sites (N-methyl/N-ethyl adjacent to an activating group) is 1. The Morgan fingerprint density at radius 2 is 1.62 bits per heavy atom. The molecular weight excluding hydrogens is 542 g/mol. The normalized spacial score (nSPS) is 11.8. The minimum absolute atomic E-state index is 0.00520. The van der Waals surface area contributed by atoms with E-state index in [0.717, 1.165) is 9.87 Å². The van der Waals surface area contributed by atoms with Crippen LogP contribution in [0.1, 0.15) is 18.1 Å². The Labute approximate surface area is 234 Å². The third kappa shape index (κ3) is 6.82. The molecule has 39 heavy (non-hydrogen) atoms. The van der Waals surface area contributed by atoms with Crippen LogP contribution < -0.4 is 19.1 Å². The van der Waals surface area contributed by atoms with Crippen molar-refractivity contribution in [2.24, 2.45) is 0 Å². The van der Waals surface area contributed by atoms with Gasteiger partial charge in [-0.1, -0.05) is 47.5 Å². The fourth-order valence-corrected chi connectivity index (χ4v) is 5.57. The number of nitrogens with zero attached hydrogens (tertiary/aromatic N) is 2. The highest BCUT2D eigenvalue weighted by Crippen LogP contribution is 2.32. The van der Waals surface area contributed by atoms with Crippen molar-refractivity contribution in [2.45, 2.75) is 31.3 Å². The van der Waals surface area contributed by atoms with E-state index in [1.807, 2.05) is 6.92 Å². The Kier molecular flexibility index (Phi) is 9.82. The van der Waals surface area contributed by atoms with Gasteiger partial charge in [0.05, 0.1) is 24.8 Å². The van der Waals surface area contributed by atoms with Gasteiger partial charge in [-0.3, -0.25) is 13.9 Å². The first-order valence-electron chi connectivity index (χ1n) is 12.1. The highest BCUT2D eigenvalue weighted by atomic mass is 35.5. The van der Waals surface area contributed by atoms with Gasteiger partial charge in [-0.05, 0) is 49.7 Å². The van der Waals surface area contributed by atoms with E-state index in [0.29, 0.717) is 16.3 Å². The number of ether oxygens (including phenoxy) is 2. The molecule has 0 fully saturated rings. The van der Waals surface area contributed by atoms with Crippen molar-refractivity contribution in [1.29, 1.82) is 0 Å². The van der Waals surface area contributed by atoms with E-state index < -0.39 is 34.4 Å². The third-order valence-electron chi connectivity index (χ3n) is 6.26. The zero-order chi connectivity index (χ0) is 28.7. The molecule has 0 aliphatic carbocycles. The van der Waals surface area contributed by atoms with Crippen molar-refractivity contribution in [3.05, 3.63) is 82.9 Å². The number of anilines is 1. The number of carbonyl (C=O) groups is 2. The molecule has 3 aromatic carbocycles. The molecule has 1 N–H and O–H groups in total. The number of halogens is 1. The van der Waals surface area contributed by atoms with Crippen molar-refractivity contribution in [3.63, 3.8) is 0 Å². The van der Waals surface area contributed by atoms with Crippen LogP contribution >= 0.6 is 11.6 Å². The van der Waals surface area contributed by atoms with Gasteiger partial charge in [0.25, 0.3) is 10.0 Å². The van der Waals surface area contributed by atoms with E-state index in [-0.39, 0.29) is 22.9 Å². The van der Waals surface area contributed by atoms with Crippen molar-refractivity contribution in [2.75, 3.05) is 32.1 Å². The maximum absolute atomic E-state index is 14.0. The van der Waals surface area contributed by atoms with Gasteiger partial charge in [0, 0.05) is 24.7 Å². The Balaban J connectivity index is 2.08. The maximum atomic E-state index is 14.0. The molecule has 0 unspecified atom stereocenters. The molecule has 0 heterocycles. The number of rotatable bonds is 11. The number of sulfonamides is 1. The average molecular weight is 574 g/mol. The fourth-order valence-electron chi connectivity index (χ4n) is 3.95. The second kappa shape index (κ2) is 12.9. The number of methoxy groups -OCH3 is 2. The summed E-state index contributed by atoms with van der Waals surface area (Å²) in [5.74, 6) is -0.405. The first-order valence-corrected chi connectivity index (χ1v) is 13.9. The van der Waals surface area contributed by atoms with Crippen LogP contribution in [-0.4, -0.2) is 59.0 Å². The number of hydrogen-bond donors (Lipinski definition) is 1. The number of carbonyl (C=O) groups excluding carboxylic acids is 2. The summed E-state index contributed by atoms with van der Waals surface area (Å²) in [5, 5.41) is 2.97. The molecule has 3 aromatic rings. The number of aryl methyl sites for hydroxylation is 1. The lowest BCUT2D eigenvalue weighted by Crippen LogP contribution is -2.50. The molecular formula is C28H32ClN3O6S. The molecule has 0 bridgehead atoms. The smallest absolute Gasteiger partial charge is 0.264 e. The zero-order valence-corrected chi connectivity index (χ0v) is 24.0. The van der Waals surface area contributed by atoms with Crippen LogP contribution in [0.4, 0.5) is 5.69 Å². The molecule has 1 atom stereocenters. The van der Waals surface area contributed by atoms with Crippen LogP contribution in [0.3, 0.4) is 0 Å². The standard InChI is InChI=1S/C28H32ClN3O6S/c1-19-10-12-22(13-11-19)32(39(35,36)23-14-15-25(37-4)26(16-23)38-5)18-27(33)31(20(2)28(34)30-3)17-21-8-6-7-9-24(21)29/h6-16,20H,17-18H2,1-5H3,(H,30,34)/t20-/m0/s1. The molecule has 0 saturated heterocycles. The maximum Gasteiger partial charge on any atom is 0.264 e. The van der Waals surface area contributed by atoms with Crippen molar-refractivity contribution in [1.82, 2.24) is 10.2 Å². The summed E-state index contributed by atoms with van der Waals surface area (Å²) in [7, 11) is 0.0613. The Morgan fingerprint density at radius 1 is 0.974 bits per heavy atom. The molecule has 0 aromatic heterocycles. The van der Waals surface area contributed by atoms with Crippen LogP contribution in [0.15, 0.2) is 71.6 Å². The Hall–Kier alpha value is -3.76. The molecule has 0 aliphatic heterocycles. The molecule has 11 heteroatoms. The van der Waals surface area contributed by atoms with Crippen LogP contribution in [0.5, 0.6) is 11.5 Å². The van der Waals surface area contributed by atoms with E-state index in [1.165, 1.54) is 44.4 Å². The molecule has 0 radical (unpaired) electrons. The van der Waals surface area contributed by atoms with Crippen LogP contribution in [0.25, 0.3) is 0 Å². The summed E-state index contributed by atoms with van der Waals surface area (Å²) in [6, 6.07) is 17.0. The van der Waals surface area contributed by atoms with Gasteiger partial charge in [-0.25, -0.2) is 8.42 Å². The summed E-state index contributed by atoms with van der Waals surface area (Å²) in [4.78, 5) is 27.6. The van der Waals surface area contributed by atoms with Gasteiger partial charge in [0.2, 0.25) is 11.8 Å². The number of nitrogens with one attached hydrogen (secondary N) is 1. The van der Waals surface area contributed by atoms with Gasteiger partial charge in [0.1, 0.15) is 12.6 Å². The Morgan fingerprint density at radius 3 is 2.21 bits per heavy atom. The summed E-state index contributed by atoms with van der Waals surface area (Å²) < 4.78 is 39.5. The molecule has 9 nitrogen and oxygen atoms in total. The van der Waals surface area contributed by atoms with E-state index in [9.17, 15) is 18.0 Å². The lowest BCUT2D eigenvalue weighted by atomic mass is 10.1. The quantitative estimate of drug-likeness (QED) is 0.371. The van der Waals surface area contributed by atoms with Crippen molar-refractivity contribution < 1.29 is 27.5 Å². The first-order chi connectivity index (χ1) is 18.5. The third-order valence-corrected chi connectivity index (χ3v) is 8.39. The average Bonchev–Trinajstić information content (AvgIpc) is 2.94. The number of amides is 2. The molecule has 208 valence electrons. The van der Waals surface area contributed by atoms with Crippen molar-refractivity contribution >= 4 is 39.1 Å². The summed E-state index contributed by atoms with van der Waals surface area (Å²) in [6.07, 6.45) is 0. The van der Waals surface area contributed by atoms with Crippen LogP contribution in [0.2, 0.25) is 5.02 Å². The van der Waals surface area contributed by atoms with Crippen LogP contribution in [-0.2, 0) is 26.2 Å². The largest absolute Gasteiger partial charge is 0.493 e. The summed E-state index contributed by atoms with van der Waals surface area (Å²) in [6.45, 7) is 2.89. The molecule has 0 spiro atoms. The predicted molar refractivity (Wildman–Crippen MR) is 151 cm³/mol. The number of benzene rings is 3. The highest BCUT2D eigenvalue weighted by Gasteiger charge is 2.33. The molecule has 0 aliphatic rings. The van der Waals surface area contributed by atoms with Gasteiger partial charge in [-0.2, -0.15) is 0 Å². The fraction of sp³-hybridized carbons (Fsp3) is 0.286. The highest BCUT2D eigenvalue weighted by molar-refractivity contribution is 7.92. The van der Waals surface area contributed by atoms with Gasteiger partial charge in [-0.15, -0.1) is 0 Å². The minimum Gasteiger partial charge on any atom is -0.493 e. The topological polar surface area (TPSA) is 105 Å². The van der Waals surface area contributed by atoms with E-state index in [4.69, 9.17) is 21.1 Å². The Bertz CT molecular complexity index is 1430. The lowest BCUT2D eigenvalue weighted by molar-refractivity contribution is -0.139. The second-order valence-corrected chi connectivity index (χ2v) is 11.0. The first kappa shape index (κ1) is 29.8. The van der Waals surface area contributed by atoms with E-state index in [1.54, 1.807) is 55.5 Å². The van der Waals surface area contributed by atoms with Gasteiger partial charge >= 0.3 is 0 Å². The summed E-state index contributed by atoms with van der Waals surface area (Å²) in [5.41, 5.74) is 1.82. The molecule has 2 amide bonds. The monoisotopic (exact) mass is 573 g/mol.